The van der Waals surface area contributed by atoms with Crippen molar-refractivity contribution < 1.29 is 9.47 Å². The third-order valence-corrected chi connectivity index (χ3v) is 8.85. The molecule has 0 bridgehead atoms. The second-order valence-corrected chi connectivity index (χ2v) is 16.6. The molecule has 1 saturated carbocycles. The zero-order valence-corrected chi connectivity index (χ0v) is 21.7. The SMILES string of the molecule is C[Si](C)(C)CCOCn1cnc(C2CCCNC2COC2CCC(c3ccccc3)CC2)n1. The summed E-state index contributed by atoms with van der Waals surface area (Å²) in [5.74, 6) is 1.92. The molecular weight excluding hydrogens is 428 g/mol. The highest BCUT2D eigenvalue weighted by atomic mass is 28.3. The van der Waals surface area contributed by atoms with Crippen LogP contribution in [0.3, 0.4) is 0 Å². The normalized spacial score (nSPS) is 26.4. The largest absolute Gasteiger partial charge is 0.377 e. The Morgan fingerprint density at radius 2 is 1.85 bits per heavy atom. The van der Waals surface area contributed by atoms with E-state index in [1.165, 1.54) is 24.4 Å². The molecule has 7 heteroatoms. The first-order valence-corrected chi connectivity index (χ1v) is 16.6. The lowest BCUT2D eigenvalue weighted by Crippen LogP contribution is -2.44. The van der Waals surface area contributed by atoms with Gasteiger partial charge in [0.2, 0.25) is 0 Å². The summed E-state index contributed by atoms with van der Waals surface area (Å²) in [6.07, 6.45) is 9.21. The van der Waals surface area contributed by atoms with Gasteiger partial charge >= 0.3 is 0 Å². The molecule has 1 aromatic carbocycles. The molecule has 1 aliphatic carbocycles. The molecule has 2 unspecified atom stereocenters. The minimum Gasteiger partial charge on any atom is -0.377 e. The topological polar surface area (TPSA) is 61.2 Å². The highest BCUT2D eigenvalue weighted by Crippen LogP contribution is 2.34. The molecule has 1 aliphatic heterocycles. The lowest BCUT2D eigenvalue weighted by Gasteiger charge is -2.34. The number of aromatic nitrogens is 3. The van der Waals surface area contributed by atoms with Gasteiger partial charge in [0, 0.05) is 26.6 Å². The Morgan fingerprint density at radius 3 is 2.61 bits per heavy atom. The Kier molecular flexibility index (Phi) is 8.74. The first-order valence-electron chi connectivity index (χ1n) is 12.8. The van der Waals surface area contributed by atoms with E-state index >= 15 is 0 Å². The average Bonchev–Trinajstić information content (AvgIpc) is 3.30. The van der Waals surface area contributed by atoms with Crippen LogP contribution in [0.4, 0.5) is 0 Å². The van der Waals surface area contributed by atoms with E-state index in [4.69, 9.17) is 14.6 Å². The molecule has 2 aromatic rings. The van der Waals surface area contributed by atoms with E-state index in [2.05, 4.69) is 60.3 Å². The zero-order valence-electron chi connectivity index (χ0n) is 20.7. The number of nitrogens with one attached hydrogen (secondary N) is 1. The van der Waals surface area contributed by atoms with Crippen molar-refractivity contribution >= 4 is 8.07 Å². The van der Waals surface area contributed by atoms with E-state index < -0.39 is 8.07 Å². The second kappa shape index (κ2) is 11.7. The van der Waals surface area contributed by atoms with Crippen LogP contribution in [0.15, 0.2) is 36.7 Å². The van der Waals surface area contributed by atoms with E-state index in [0.29, 0.717) is 24.7 Å². The van der Waals surface area contributed by atoms with Crippen molar-refractivity contribution in [2.24, 2.45) is 0 Å². The van der Waals surface area contributed by atoms with Crippen molar-refractivity contribution in [3.8, 4) is 0 Å². The first kappa shape index (κ1) is 24.6. The molecule has 2 fully saturated rings. The standard InChI is InChI=1S/C26H42N4O2Si/c1-33(2,3)17-16-31-20-30-19-28-26(29-30)24-10-7-15-27-25(24)18-32-23-13-11-22(12-14-23)21-8-5-4-6-9-21/h4-6,8-9,19,22-25,27H,7,10-18,20H2,1-3H3. The van der Waals surface area contributed by atoms with E-state index in [0.717, 1.165) is 51.3 Å². The lowest BCUT2D eigenvalue weighted by molar-refractivity contribution is 0.00510. The van der Waals surface area contributed by atoms with Gasteiger partial charge in [-0.25, -0.2) is 9.67 Å². The summed E-state index contributed by atoms with van der Waals surface area (Å²) < 4.78 is 14.1. The van der Waals surface area contributed by atoms with Crippen LogP contribution in [-0.4, -0.2) is 54.7 Å². The molecule has 0 spiro atoms. The molecule has 0 radical (unpaired) electrons. The van der Waals surface area contributed by atoms with Crippen LogP contribution >= 0.6 is 0 Å². The summed E-state index contributed by atoms with van der Waals surface area (Å²) in [6.45, 7) is 10.2. The maximum atomic E-state index is 6.43. The van der Waals surface area contributed by atoms with Gasteiger partial charge in [0.15, 0.2) is 5.82 Å². The molecule has 1 aromatic heterocycles. The van der Waals surface area contributed by atoms with Crippen LogP contribution in [-0.2, 0) is 16.2 Å². The van der Waals surface area contributed by atoms with Gasteiger partial charge in [-0.2, -0.15) is 5.10 Å². The summed E-state index contributed by atoms with van der Waals surface area (Å²) in [4.78, 5) is 4.64. The summed E-state index contributed by atoms with van der Waals surface area (Å²) in [6, 6.07) is 12.4. The Bertz CT molecular complexity index is 830. The molecule has 0 amide bonds. The van der Waals surface area contributed by atoms with Gasteiger partial charge in [0.1, 0.15) is 13.1 Å². The number of hydrogen-bond donors (Lipinski definition) is 1. The van der Waals surface area contributed by atoms with Gasteiger partial charge in [-0.1, -0.05) is 50.0 Å². The van der Waals surface area contributed by atoms with Crippen LogP contribution in [0, 0.1) is 0 Å². The van der Waals surface area contributed by atoms with Gasteiger partial charge in [-0.15, -0.1) is 0 Å². The van der Waals surface area contributed by atoms with Crippen molar-refractivity contribution in [2.45, 2.75) is 94.9 Å². The van der Waals surface area contributed by atoms with Crippen LogP contribution in [0.2, 0.25) is 25.7 Å². The third kappa shape index (κ3) is 7.47. The molecule has 4 rings (SSSR count). The quantitative estimate of drug-likeness (QED) is 0.383. The molecule has 6 nitrogen and oxygen atoms in total. The van der Waals surface area contributed by atoms with Crippen molar-refractivity contribution in [3.63, 3.8) is 0 Å². The number of benzene rings is 1. The fourth-order valence-corrected chi connectivity index (χ4v) is 5.80. The van der Waals surface area contributed by atoms with Gasteiger partial charge in [-0.3, -0.25) is 0 Å². The highest BCUT2D eigenvalue weighted by molar-refractivity contribution is 6.76. The number of ether oxygens (including phenoxy) is 2. The lowest BCUT2D eigenvalue weighted by atomic mass is 9.82. The first-order chi connectivity index (χ1) is 16.0. The van der Waals surface area contributed by atoms with Crippen LogP contribution in [0.5, 0.6) is 0 Å². The zero-order chi connectivity index (χ0) is 23.1. The van der Waals surface area contributed by atoms with Gasteiger partial charge < -0.3 is 14.8 Å². The van der Waals surface area contributed by atoms with Crippen LogP contribution < -0.4 is 5.32 Å². The second-order valence-electron chi connectivity index (χ2n) is 11.0. The smallest absolute Gasteiger partial charge is 0.155 e. The minimum absolute atomic E-state index is 0.286. The third-order valence-electron chi connectivity index (χ3n) is 7.15. The highest BCUT2D eigenvalue weighted by Gasteiger charge is 2.31. The Morgan fingerprint density at radius 1 is 1.06 bits per heavy atom. The fourth-order valence-electron chi connectivity index (χ4n) is 5.04. The summed E-state index contributed by atoms with van der Waals surface area (Å²) >= 11 is 0. The minimum atomic E-state index is -1.06. The van der Waals surface area contributed by atoms with Crippen molar-refractivity contribution in [1.82, 2.24) is 20.1 Å². The monoisotopic (exact) mass is 470 g/mol. The summed E-state index contributed by atoms with van der Waals surface area (Å²) in [7, 11) is -1.06. The van der Waals surface area contributed by atoms with E-state index in [9.17, 15) is 0 Å². The van der Waals surface area contributed by atoms with Crippen LogP contribution in [0.25, 0.3) is 0 Å². The number of nitrogens with zero attached hydrogens (tertiary/aromatic N) is 3. The maximum Gasteiger partial charge on any atom is 0.155 e. The van der Waals surface area contributed by atoms with E-state index in [1.807, 2.05) is 11.0 Å². The molecular formula is C26H42N4O2Si. The molecule has 33 heavy (non-hydrogen) atoms. The Hall–Kier alpha value is -1.54. The van der Waals surface area contributed by atoms with E-state index in [1.54, 1.807) is 0 Å². The maximum absolute atomic E-state index is 6.43. The number of hydrogen-bond acceptors (Lipinski definition) is 5. The molecule has 2 atom stereocenters. The number of rotatable bonds is 10. The van der Waals surface area contributed by atoms with Crippen molar-refractivity contribution in [2.75, 3.05) is 19.8 Å². The van der Waals surface area contributed by atoms with Crippen molar-refractivity contribution in [3.05, 3.63) is 48.0 Å². The Balaban J connectivity index is 1.23. The van der Waals surface area contributed by atoms with E-state index in [-0.39, 0.29) is 6.04 Å². The van der Waals surface area contributed by atoms with Gasteiger partial charge in [0.05, 0.1) is 12.7 Å². The summed E-state index contributed by atoms with van der Waals surface area (Å²) in [5.41, 5.74) is 1.48. The van der Waals surface area contributed by atoms with Gasteiger partial charge in [-0.05, 0) is 62.6 Å². The molecule has 182 valence electrons. The molecule has 1 N–H and O–H groups in total. The molecule has 2 aliphatic rings. The fraction of sp³-hybridized carbons (Fsp3) is 0.692. The predicted molar refractivity (Wildman–Crippen MR) is 135 cm³/mol. The molecule has 2 heterocycles. The average molecular weight is 471 g/mol. The number of piperidine rings is 1. The molecule has 1 saturated heterocycles. The van der Waals surface area contributed by atoms with Crippen molar-refractivity contribution in [1.29, 1.82) is 0 Å². The van der Waals surface area contributed by atoms with Gasteiger partial charge in [0.25, 0.3) is 0 Å². The predicted octanol–water partition coefficient (Wildman–Crippen LogP) is 5.17. The van der Waals surface area contributed by atoms with Crippen LogP contribution in [0.1, 0.15) is 61.7 Å². The Labute approximate surface area is 200 Å². The summed E-state index contributed by atoms with van der Waals surface area (Å²) in [5, 5.41) is 8.43.